The van der Waals surface area contributed by atoms with Crippen LogP contribution in [0.15, 0.2) is 41.4 Å². The number of carbonyl (C=O) groups is 1. The van der Waals surface area contributed by atoms with Crippen LogP contribution in [0.2, 0.25) is 0 Å². The van der Waals surface area contributed by atoms with Gasteiger partial charge in [-0.05, 0) is 74.4 Å². The summed E-state index contributed by atoms with van der Waals surface area (Å²) in [6.07, 6.45) is 3.08. The van der Waals surface area contributed by atoms with E-state index in [4.69, 9.17) is 5.11 Å². The Hall–Kier alpha value is -2.06. The predicted molar refractivity (Wildman–Crippen MR) is 115 cm³/mol. The number of alkyl halides is 1. The van der Waals surface area contributed by atoms with Crippen molar-refractivity contribution in [1.82, 2.24) is 9.62 Å². The number of anilines is 1. The molecule has 1 aromatic carbocycles. The average molecular weight is 426 g/mol. The van der Waals surface area contributed by atoms with Gasteiger partial charge in [0.2, 0.25) is 0 Å². The summed E-state index contributed by atoms with van der Waals surface area (Å²) < 4.78 is 31.0. The fourth-order valence-electron chi connectivity index (χ4n) is 2.80. The highest BCUT2D eigenvalue weighted by atomic mass is 32.2. The van der Waals surface area contributed by atoms with Crippen molar-refractivity contribution in [1.29, 1.82) is 0 Å². The minimum atomic E-state index is -1.26. The minimum Gasteiger partial charge on any atom is -0.393 e. The summed E-state index contributed by atoms with van der Waals surface area (Å²) in [5, 5.41) is 12.1. The predicted octanol–water partition coefficient (Wildman–Crippen LogP) is 3.91. The van der Waals surface area contributed by atoms with Crippen LogP contribution in [-0.4, -0.2) is 47.9 Å². The largest absolute Gasteiger partial charge is 0.393 e. The summed E-state index contributed by atoms with van der Waals surface area (Å²) >= 11 is 1.38. The van der Waals surface area contributed by atoms with Crippen LogP contribution in [0.3, 0.4) is 0 Å². The minimum absolute atomic E-state index is 0.252. The number of carbonyl (C=O) groups excluding carboxylic acids is 1. The topological polar surface area (TPSA) is 64.6 Å². The Morgan fingerprint density at radius 1 is 1.41 bits per heavy atom. The van der Waals surface area contributed by atoms with E-state index in [1.54, 1.807) is 38.1 Å². The van der Waals surface area contributed by atoms with E-state index < -0.39 is 12.8 Å². The molecule has 0 heterocycles. The van der Waals surface area contributed by atoms with Crippen molar-refractivity contribution in [3.05, 3.63) is 52.7 Å². The molecule has 1 unspecified atom stereocenters. The molecule has 0 spiro atoms. The van der Waals surface area contributed by atoms with Crippen LogP contribution >= 0.6 is 11.9 Å². The fourth-order valence-corrected chi connectivity index (χ4v) is 3.85. The number of aliphatic hydroxyl groups excluding tert-OH is 1. The Bertz CT molecular complexity index is 792. The molecular weight excluding hydrogens is 396 g/mol. The van der Waals surface area contributed by atoms with Gasteiger partial charge < -0.3 is 20.0 Å². The summed E-state index contributed by atoms with van der Waals surface area (Å²) in [6, 6.07) is 4.91. The normalized spacial score (nSPS) is 17.3. The third kappa shape index (κ3) is 6.75. The van der Waals surface area contributed by atoms with Gasteiger partial charge in [-0.2, -0.15) is 0 Å². The first-order valence-electron chi connectivity index (χ1n) is 9.47. The van der Waals surface area contributed by atoms with Gasteiger partial charge in [0.1, 0.15) is 24.1 Å². The van der Waals surface area contributed by atoms with E-state index >= 15 is 0 Å². The van der Waals surface area contributed by atoms with Crippen molar-refractivity contribution in [3.8, 4) is 0 Å². The first-order chi connectivity index (χ1) is 13.7. The van der Waals surface area contributed by atoms with E-state index in [1.165, 1.54) is 18.0 Å². The molecule has 3 N–H and O–H groups in total. The highest BCUT2D eigenvalue weighted by molar-refractivity contribution is 7.99. The fraction of sp³-hybridized carbons (Fsp3) is 0.476. The van der Waals surface area contributed by atoms with Crippen LogP contribution in [0, 0.1) is 12.7 Å². The smallest absolute Gasteiger partial charge is 0.146 e. The monoisotopic (exact) mass is 425 g/mol. The Morgan fingerprint density at radius 2 is 2.10 bits per heavy atom. The maximum atomic E-state index is 14.4. The van der Waals surface area contributed by atoms with E-state index in [2.05, 4.69) is 10.0 Å². The number of hydrogen-bond acceptors (Lipinski definition) is 6. The molecule has 8 heteroatoms. The molecule has 1 aliphatic carbocycles. The van der Waals surface area contributed by atoms with E-state index in [9.17, 15) is 13.6 Å². The number of benzene rings is 1. The lowest BCUT2D eigenvalue weighted by Gasteiger charge is -2.25. The second-order valence-corrected chi connectivity index (χ2v) is 8.92. The molecule has 0 aromatic heterocycles. The van der Waals surface area contributed by atoms with Gasteiger partial charge >= 0.3 is 0 Å². The molecule has 29 heavy (non-hydrogen) atoms. The number of rotatable bonds is 11. The molecule has 5 nitrogen and oxygen atoms in total. The standard InChI is InChI=1S/C21H29F2N3O2S/c1-14-5-6-18(17(23)9-14)24-20(26(3)4)19(10-15(2)12-27)25-29-21(7-8-21)11-16(22)13-28/h5-6,9-10,12,16,24-25,28H,7-8,11,13H2,1-4H3/b15-10-,20-19+. The molecule has 0 saturated heterocycles. The Balaban J connectivity index is 2.32. The van der Waals surface area contributed by atoms with Crippen LogP contribution < -0.4 is 10.0 Å². The third-order valence-corrected chi connectivity index (χ3v) is 5.94. The number of nitrogens with zero attached hydrogens (tertiary/aromatic N) is 1. The average Bonchev–Trinajstić information content (AvgIpc) is 3.43. The highest BCUT2D eigenvalue weighted by Crippen LogP contribution is 2.51. The number of aryl methyl sites for hydroxylation is 1. The number of allylic oxidation sites excluding steroid dienone is 2. The molecule has 2 rings (SSSR count). The second-order valence-electron chi connectivity index (χ2n) is 7.64. The molecule has 1 aliphatic rings. The van der Waals surface area contributed by atoms with Crippen LogP contribution in [0.5, 0.6) is 0 Å². The Morgan fingerprint density at radius 3 is 2.62 bits per heavy atom. The van der Waals surface area contributed by atoms with Crippen LogP contribution in [-0.2, 0) is 4.79 Å². The van der Waals surface area contributed by atoms with Gasteiger partial charge in [-0.3, -0.25) is 4.79 Å². The summed E-state index contributed by atoms with van der Waals surface area (Å²) in [6.45, 7) is 3.00. The number of aliphatic hydroxyl groups is 1. The second kappa shape index (κ2) is 10.1. The summed E-state index contributed by atoms with van der Waals surface area (Å²) in [5.74, 6) is 0.186. The number of halogens is 2. The van der Waals surface area contributed by atoms with Crippen molar-refractivity contribution in [2.24, 2.45) is 0 Å². The van der Waals surface area contributed by atoms with Crippen molar-refractivity contribution in [3.63, 3.8) is 0 Å². The zero-order valence-electron chi connectivity index (χ0n) is 17.3. The zero-order chi connectivity index (χ0) is 21.6. The van der Waals surface area contributed by atoms with Gasteiger partial charge in [-0.25, -0.2) is 8.78 Å². The lowest BCUT2D eigenvalue weighted by molar-refractivity contribution is -0.104. The maximum absolute atomic E-state index is 14.4. The van der Waals surface area contributed by atoms with Crippen molar-refractivity contribution in [2.75, 3.05) is 26.0 Å². The molecule has 1 saturated carbocycles. The van der Waals surface area contributed by atoms with E-state index in [0.717, 1.165) is 24.7 Å². The van der Waals surface area contributed by atoms with Gasteiger partial charge in [0.05, 0.1) is 18.0 Å². The van der Waals surface area contributed by atoms with Crippen LogP contribution in [0.25, 0.3) is 0 Å². The van der Waals surface area contributed by atoms with Crippen LogP contribution in [0.4, 0.5) is 14.5 Å². The molecule has 1 aromatic rings. The molecule has 0 aliphatic heterocycles. The van der Waals surface area contributed by atoms with Gasteiger partial charge in [0, 0.05) is 18.8 Å². The van der Waals surface area contributed by atoms with Crippen molar-refractivity contribution < 1.29 is 18.7 Å². The lowest BCUT2D eigenvalue weighted by atomic mass is 10.2. The molecule has 1 fully saturated rings. The quantitative estimate of drug-likeness (QED) is 0.216. The first-order valence-corrected chi connectivity index (χ1v) is 10.3. The van der Waals surface area contributed by atoms with Gasteiger partial charge in [-0.1, -0.05) is 6.07 Å². The van der Waals surface area contributed by atoms with E-state index in [-0.39, 0.29) is 17.0 Å². The molecule has 160 valence electrons. The van der Waals surface area contributed by atoms with Gasteiger partial charge in [0.15, 0.2) is 0 Å². The Kier molecular flexibility index (Phi) is 8.10. The van der Waals surface area contributed by atoms with Crippen molar-refractivity contribution in [2.45, 2.75) is 44.0 Å². The summed E-state index contributed by atoms with van der Waals surface area (Å²) in [5.41, 5.74) is 2.19. The number of nitrogens with one attached hydrogen (secondary N) is 2. The molecule has 1 atom stereocenters. The zero-order valence-corrected chi connectivity index (χ0v) is 18.1. The van der Waals surface area contributed by atoms with E-state index in [0.29, 0.717) is 22.8 Å². The van der Waals surface area contributed by atoms with Gasteiger partial charge in [0.25, 0.3) is 0 Å². The Labute approximate surface area is 175 Å². The summed E-state index contributed by atoms with van der Waals surface area (Å²) in [7, 11) is 3.61. The number of aldehydes is 1. The maximum Gasteiger partial charge on any atom is 0.146 e. The molecule has 0 amide bonds. The number of hydrogen-bond donors (Lipinski definition) is 3. The third-order valence-electron chi connectivity index (χ3n) is 4.61. The molecular formula is C21H29F2N3O2S. The van der Waals surface area contributed by atoms with Crippen LogP contribution in [0.1, 0.15) is 31.7 Å². The van der Waals surface area contributed by atoms with E-state index in [1.807, 2.05) is 13.0 Å². The lowest BCUT2D eigenvalue weighted by Crippen LogP contribution is -2.26. The van der Waals surface area contributed by atoms with Gasteiger partial charge in [-0.15, -0.1) is 0 Å². The summed E-state index contributed by atoms with van der Waals surface area (Å²) in [4.78, 5) is 13.0. The first kappa shape index (κ1) is 23.2. The highest BCUT2D eigenvalue weighted by Gasteiger charge is 2.45. The SMILES string of the molecule is C/C(C=O)=C/C(NSC1(CC(F)CO)CC1)=C(/Nc1ccc(C)cc1F)N(C)C. The molecule has 0 bridgehead atoms. The molecule has 0 radical (unpaired) electrons. The van der Waals surface area contributed by atoms with Crippen molar-refractivity contribution >= 4 is 23.9 Å².